The highest BCUT2D eigenvalue weighted by Crippen LogP contribution is 2.29. The second kappa shape index (κ2) is 6.28. The van der Waals surface area contributed by atoms with Gasteiger partial charge in [-0.05, 0) is 46.7 Å². The van der Waals surface area contributed by atoms with Crippen molar-refractivity contribution in [3.05, 3.63) is 17.1 Å². The van der Waals surface area contributed by atoms with Crippen LogP contribution in [-0.4, -0.2) is 60.0 Å². The molecule has 5 heteroatoms. The number of likely N-dealkylation sites (N-methyl/N-ethyl adjacent to an activating group) is 2. The monoisotopic (exact) mass is 289 g/mol. The smallest absolute Gasteiger partial charge is 0.149 e. The van der Waals surface area contributed by atoms with E-state index in [1.165, 1.54) is 24.1 Å². The third kappa shape index (κ3) is 3.04. The normalized spacial score (nSPS) is 23.9. The zero-order valence-corrected chi connectivity index (χ0v) is 13.5. The number of nitrogens with one attached hydrogen (secondary N) is 1. The summed E-state index contributed by atoms with van der Waals surface area (Å²) in [6, 6.07) is 0.313. The van der Waals surface area contributed by atoms with Crippen molar-refractivity contribution in [1.82, 2.24) is 19.8 Å². The molecular formula is C16H27N5. The molecule has 3 rings (SSSR count). The van der Waals surface area contributed by atoms with Gasteiger partial charge in [0, 0.05) is 37.4 Å². The minimum absolute atomic E-state index is 0.313. The van der Waals surface area contributed by atoms with Crippen LogP contribution >= 0.6 is 0 Å². The summed E-state index contributed by atoms with van der Waals surface area (Å²) in [5.74, 6) is 2.08. The van der Waals surface area contributed by atoms with Gasteiger partial charge in [-0.25, -0.2) is 9.97 Å². The van der Waals surface area contributed by atoms with Gasteiger partial charge < -0.3 is 10.2 Å². The maximum Gasteiger partial charge on any atom is 0.149 e. The molecule has 116 valence electrons. The van der Waals surface area contributed by atoms with Crippen LogP contribution in [0.15, 0.2) is 0 Å². The highest BCUT2D eigenvalue weighted by molar-refractivity contribution is 5.48. The first kappa shape index (κ1) is 14.7. The molecule has 2 heterocycles. The lowest BCUT2D eigenvalue weighted by Crippen LogP contribution is -2.45. The van der Waals surface area contributed by atoms with Gasteiger partial charge in [-0.3, -0.25) is 4.90 Å². The van der Waals surface area contributed by atoms with Crippen molar-refractivity contribution in [2.45, 2.75) is 38.6 Å². The molecule has 1 fully saturated rings. The van der Waals surface area contributed by atoms with Crippen molar-refractivity contribution < 1.29 is 0 Å². The zero-order chi connectivity index (χ0) is 14.8. The van der Waals surface area contributed by atoms with Gasteiger partial charge in [0.15, 0.2) is 0 Å². The summed E-state index contributed by atoms with van der Waals surface area (Å²) in [7, 11) is 4.37. The van der Waals surface area contributed by atoms with Gasteiger partial charge in [-0.15, -0.1) is 0 Å². The second-order valence-corrected chi connectivity index (χ2v) is 6.35. The molecule has 2 aliphatic rings. The number of anilines is 1. The maximum atomic E-state index is 4.95. The summed E-state index contributed by atoms with van der Waals surface area (Å²) in [4.78, 5) is 14.6. The van der Waals surface area contributed by atoms with Crippen molar-refractivity contribution in [1.29, 1.82) is 0 Å². The van der Waals surface area contributed by atoms with Gasteiger partial charge in [-0.1, -0.05) is 0 Å². The van der Waals surface area contributed by atoms with Gasteiger partial charge >= 0.3 is 0 Å². The van der Waals surface area contributed by atoms with Crippen LogP contribution in [0.3, 0.4) is 0 Å². The summed E-state index contributed by atoms with van der Waals surface area (Å²) in [6.07, 6.45) is 4.75. The summed E-state index contributed by atoms with van der Waals surface area (Å²) in [5.41, 5.74) is 2.64. The molecule has 1 N–H and O–H groups in total. The van der Waals surface area contributed by atoms with Crippen LogP contribution in [0.5, 0.6) is 0 Å². The first-order valence-corrected chi connectivity index (χ1v) is 8.21. The van der Waals surface area contributed by atoms with Crippen molar-refractivity contribution in [3.63, 3.8) is 0 Å². The van der Waals surface area contributed by atoms with Crippen LogP contribution in [0, 0.1) is 0 Å². The number of piperazine rings is 1. The molecule has 1 unspecified atom stereocenters. The number of hydrogen-bond donors (Lipinski definition) is 1. The Morgan fingerprint density at radius 3 is 2.76 bits per heavy atom. The number of aryl methyl sites for hydroxylation is 1. The molecule has 0 saturated carbocycles. The van der Waals surface area contributed by atoms with Crippen LogP contribution in [0.4, 0.5) is 5.82 Å². The number of nitrogens with zero attached hydrogens (tertiary/aromatic N) is 4. The van der Waals surface area contributed by atoms with E-state index in [0.29, 0.717) is 6.04 Å². The molecule has 0 spiro atoms. The standard InChI is InChI=1S/C16H27N5/c1-4-17-15-12-7-5-6-8-13(12)18-16(19-15)14-11-20(2)9-10-21(14)3/h14H,4-11H2,1-3H3,(H,17,18,19). The molecule has 0 amide bonds. The van der Waals surface area contributed by atoms with E-state index in [0.717, 1.165) is 50.7 Å². The molecule has 21 heavy (non-hydrogen) atoms. The van der Waals surface area contributed by atoms with Crippen molar-refractivity contribution >= 4 is 5.82 Å². The van der Waals surface area contributed by atoms with Crippen molar-refractivity contribution in [3.8, 4) is 0 Å². The van der Waals surface area contributed by atoms with Crippen LogP contribution in [0.25, 0.3) is 0 Å². The Hall–Kier alpha value is -1.20. The Balaban J connectivity index is 1.96. The van der Waals surface area contributed by atoms with Crippen molar-refractivity contribution in [2.24, 2.45) is 0 Å². The number of rotatable bonds is 3. The lowest BCUT2D eigenvalue weighted by Gasteiger charge is -2.37. The predicted molar refractivity (Wildman–Crippen MR) is 85.7 cm³/mol. The molecule has 0 aromatic carbocycles. The van der Waals surface area contributed by atoms with Gasteiger partial charge in [-0.2, -0.15) is 0 Å². The Labute approximate surface area is 127 Å². The van der Waals surface area contributed by atoms with E-state index in [-0.39, 0.29) is 0 Å². The molecule has 5 nitrogen and oxygen atoms in total. The highest BCUT2D eigenvalue weighted by Gasteiger charge is 2.28. The fraction of sp³-hybridized carbons (Fsp3) is 0.750. The quantitative estimate of drug-likeness (QED) is 0.917. The average Bonchev–Trinajstić information content (AvgIpc) is 2.50. The average molecular weight is 289 g/mol. The highest BCUT2D eigenvalue weighted by atomic mass is 15.3. The fourth-order valence-corrected chi connectivity index (χ4v) is 3.36. The molecule has 1 saturated heterocycles. The van der Waals surface area contributed by atoms with Gasteiger partial charge in [0.05, 0.1) is 6.04 Å². The summed E-state index contributed by atoms with van der Waals surface area (Å²) >= 11 is 0. The number of aromatic nitrogens is 2. The fourth-order valence-electron chi connectivity index (χ4n) is 3.36. The lowest BCUT2D eigenvalue weighted by molar-refractivity contribution is 0.109. The molecule has 1 aromatic heterocycles. The van der Waals surface area contributed by atoms with E-state index >= 15 is 0 Å². The molecule has 1 aliphatic heterocycles. The van der Waals surface area contributed by atoms with Crippen molar-refractivity contribution in [2.75, 3.05) is 45.6 Å². The van der Waals surface area contributed by atoms with Crippen LogP contribution in [0.2, 0.25) is 0 Å². The first-order chi connectivity index (χ1) is 10.2. The van der Waals surface area contributed by atoms with Crippen LogP contribution in [-0.2, 0) is 12.8 Å². The summed E-state index contributed by atoms with van der Waals surface area (Å²) in [5, 5.41) is 3.46. The second-order valence-electron chi connectivity index (χ2n) is 6.35. The Kier molecular flexibility index (Phi) is 4.40. The van der Waals surface area contributed by atoms with Crippen LogP contribution < -0.4 is 5.32 Å². The third-order valence-corrected chi connectivity index (χ3v) is 4.69. The maximum absolute atomic E-state index is 4.95. The van der Waals surface area contributed by atoms with E-state index in [2.05, 4.69) is 36.1 Å². The molecule has 0 radical (unpaired) electrons. The molecule has 1 aliphatic carbocycles. The lowest BCUT2D eigenvalue weighted by atomic mass is 9.96. The van der Waals surface area contributed by atoms with E-state index < -0.39 is 0 Å². The summed E-state index contributed by atoms with van der Waals surface area (Å²) < 4.78 is 0. The number of fused-ring (bicyclic) bond motifs is 1. The van der Waals surface area contributed by atoms with Gasteiger partial charge in [0.2, 0.25) is 0 Å². The topological polar surface area (TPSA) is 44.3 Å². The zero-order valence-electron chi connectivity index (χ0n) is 13.5. The molecule has 1 atom stereocenters. The Morgan fingerprint density at radius 1 is 1.14 bits per heavy atom. The minimum atomic E-state index is 0.313. The molecular weight excluding hydrogens is 262 g/mol. The van der Waals surface area contributed by atoms with Gasteiger partial charge in [0.1, 0.15) is 11.6 Å². The first-order valence-electron chi connectivity index (χ1n) is 8.21. The van der Waals surface area contributed by atoms with Gasteiger partial charge in [0.25, 0.3) is 0 Å². The van der Waals surface area contributed by atoms with Crippen LogP contribution in [0.1, 0.15) is 42.9 Å². The molecule has 1 aromatic rings. The Morgan fingerprint density at radius 2 is 1.95 bits per heavy atom. The Bertz CT molecular complexity index is 502. The number of hydrogen-bond acceptors (Lipinski definition) is 5. The predicted octanol–water partition coefficient (Wildman–Crippen LogP) is 1.71. The largest absolute Gasteiger partial charge is 0.370 e. The van der Waals surface area contributed by atoms with E-state index in [1.54, 1.807) is 0 Å². The minimum Gasteiger partial charge on any atom is -0.370 e. The molecule has 0 bridgehead atoms. The van der Waals surface area contributed by atoms with E-state index in [1.807, 2.05) is 0 Å². The third-order valence-electron chi connectivity index (χ3n) is 4.69. The SMILES string of the molecule is CCNc1nc(C2CN(C)CCN2C)nc2c1CCCC2. The van der Waals surface area contributed by atoms with E-state index in [4.69, 9.17) is 9.97 Å². The van der Waals surface area contributed by atoms with E-state index in [9.17, 15) is 0 Å². The summed E-state index contributed by atoms with van der Waals surface area (Å²) in [6.45, 7) is 6.28.